The van der Waals surface area contributed by atoms with E-state index in [9.17, 15) is 19.2 Å². The van der Waals surface area contributed by atoms with Crippen molar-refractivity contribution >= 4 is 46.4 Å². The van der Waals surface area contributed by atoms with E-state index in [1.54, 1.807) is 13.8 Å². The second kappa shape index (κ2) is 13.6. The Labute approximate surface area is 234 Å². The highest BCUT2D eigenvalue weighted by molar-refractivity contribution is 6.02. The standard InChI is InChI=1S/C30H36N6O4/c1-19(23-7-5-9-25(17-23)31-29(39)21-13-14-21)33-35-27(37)11-3-4-12-28(38)36-34-20(2)24-8-6-10-26(18-24)32-30(40)22-15-16-22/h5-10,17-18,21-22H,3-4,11-16H2,1-2H3,(H,31,39)(H,32,40)(H,35,37)(H,36,38). The molecule has 10 nitrogen and oxygen atoms in total. The van der Waals surface area contributed by atoms with Gasteiger partial charge in [-0.2, -0.15) is 10.2 Å². The molecule has 2 fully saturated rings. The molecule has 40 heavy (non-hydrogen) atoms. The first-order chi connectivity index (χ1) is 19.3. The zero-order valence-corrected chi connectivity index (χ0v) is 23.0. The van der Waals surface area contributed by atoms with Crippen LogP contribution in [0.25, 0.3) is 0 Å². The number of hydrogen-bond acceptors (Lipinski definition) is 6. The van der Waals surface area contributed by atoms with Crippen LogP contribution in [0.1, 0.15) is 76.3 Å². The second-order valence-corrected chi connectivity index (χ2v) is 10.4. The van der Waals surface area contributed by atoms with Crippen LogP contribution in [-0.4, -0.2) is 35.1 Å². The second-order valence-electron chi connectivity index (χ2n) is 10.4. The summed E-state index contributed by atoms with van der Waals surface area (Å²) in [7, 11) is 0. The minimum absolute atomic E-state index is 0.0381. The van der Waals surface area contributed by atoms with Gasteiger partial charge in [-0.15, -0.1) is 0 Å². The van der Waals surface area contributed by atoms with Crippen LogP contribution in [0.15, 0.2) is 58.7 Å². The number of nitrogens with one attached hydrogen (secondary N) is 4. The zero-order chi connectivity index (χ0) is 28.5. The van der Waals surface area contributed by atoms with Gasteiger partial charge >= 0.3 is 0 Å². The Morgan fingerprint density at radius 1 is 0.675 bits per heavy atom. The molecule has 4 N–H and O–H groups in total. The highest BCUT2D eigenvalue weighted by atomic mass is 16.2. The van der Waals surface area contributed by atoms with Crippen LogP contribution in [0.5, 0.6) is 0 Å². The molecule has 4 amide bonds. The van der Waals surface area contributed by atoms with Gasteiger partial charge in [0.1, 0.15) is 0 Å². The number of hydrazone groups is 2. The van der Waals surface area contributed by atoms with E-state index < -0.39 is 0 Å². The summed E-state index contributed by atoms with van der Waals surface area (Å²) in [5, 5.41) is 14.2. The van der Waals surface area contributed by atoms with Gasteiger partial charge in [-0.25, -0.2) is 10.9 Å². The molecule has 0 unspecified atom stereocenters. The summed E-state index contributed by atoms with van der Waals surface area (Å²) in [6.45, 7) is 3.57. The minimum Gasteiger partial charge on any atom is -0.326 e. The average molecular weight is 545 g/mol. The van der Waals surface area contributed by atoms with Gasteiger partial charge in [-0.05, 0) is 87.8 Å². The molecule has 0 aromatic heterocycles. The third-order valence-electron chi connectivity index (χ3n) is 6.75. The third-order valence-corrected chi connectivity index (χ3v) is 6.75. The smallest absolute Gasteiger partial charge is 0.240 e. The molecule has 0 aliphatic heterocycles. The summed E-state index contributed by atoms with van der Waals surface area (Å²) in [5.41, 5.74) is 9.38. The predicted octanol–water partition coefficient (Wildman–Crippen LogP) is 4.32. The van der Waals surface area contributed by atoms with Crippen LogP contribution >= 0.6 is 0 Å². The molecule has 2 aromatic carbocycles. The maximum Gasteiger partial charge on any atom is 0.240 e. The Balaban J connectivity index is 1.14. The molecule has 0 heterocycles. The average Bonchev–Trinajstić information content (AvgIpc) is 3.85. The lowest BCUT2D eigenvalue weighted by molar-refractivity contribution is -0.123. The molecular formula is C30H36N6O4. The van der Waals surface area contributed by atoms with Crippen molar-refractivity contribution in [2.75, 3.05) is 10.6 Å². The van der Waals surface area contributed by atoms with Gasteiger partial charge in [0.05, 0.1) is 11.4 Å². The fraction of sp³-hybridized carbons (Fsp3) is 0.400. The first-order valence-electron chi connectivity index (χ1n) is 13.8. The number of unbranched alkanes of at least 4 members (excludes halogenated alkanes) is 1. The predicted molar refractivity (Wildman–Crippen MR) is 155 cm³/mol. The van der Waals surface area contributed by atoms with Gasteiger partial charge in [0.15, 0.2) is 0 Å². The van der Waals surface area contributed by atoms with E-state index in [1.165, 1.54) is 0 Å². The first-order valence-corrected chi connectivity index (χ1v) is 13.8. The van der Waals surface area contributed by atoms with E-state index in [4.69, 9.17) is 0 Å². The molecule has 10 heteroatoms. The Morgan fingerprint density at radius 2 is 1.07 bits per heavy atom. The third kappa shape index (κ3) is 9.14. The van der Waals surface area contributed by atoms with Crippen molar-refractivity contribution in [1.82, 2.24) is 10.9 Å². The van der Waals surface area contributed by atoms with Crippen LogP contribution in [0.3, 0.4) is 0 Å². The number of anilines is 2. The molecule has 0 atom stereocenters. The van der Waals surface area contributed by atoms with Crippen molar-refractivity contribution in [3.05, 3.63) is 59.7 Å². The lowest BCUT2D eigenvalue weighted by Gasteiger charge is -2.08. The fourth-order valence-corrected chi connectivity index (χ4v) is 3.93. The van der Waals surface area contributed by atoms with Gasteiger partial charge in [-0.3, -0.25) is 19.2 Å². The number of carbonyl (C=O) groups excluding carboxylic acids is 4. The normalized spacial score (nSPS) is 15.2. The Morgan fingerprint density at radius 3 is 1.45 bits per heavy atom. The lowest BCUT2D eigenvalue weighted by Crippen LogP contribution is -2.20. The summed E-state index contributed by atoms with van der Waals surface area (Å²) in [6.07, 6.45) is 5.29. The van der Waals surface area contributed by atoms with Crippen LogP contribution in [0, 0.1) is 11.8 Å². The molecule has 0 radical (unpaired) electrons. The number of carbonyl (C=O) groups is 4. The number of nitrogens with zero attached hydrogens (tertiary/aromatic N) is 2. The molecule has 2 aliphatic carbocycles. The number of rotatable bonds is 13. The maximum atomic E-state index is 12.2. The summed E-state index contributed by atoms with van der Waals surface area (Å²) < 4.78 is 0. The molecule has 2 aromatic rings. The van der Waals surface area contributed by atoms with Crippen LogP contribution < -0.4 is 21.5 Å². The van der Waals surface area contributed by atoms with Gasteiger partial charge in [0.2, 0.25) is 23.6 Å². The van der Waals surface area contributed by atoms with Gasteiger partial charge in [0, 0.05) is 36.1 Å². The van der Waals surface area contributed by atoms with Crippen molar-refractivity contribution in [2.45, 2.75) is 65.2 Å². The molecule has 210 valence electrons. The van der Waals surface area contributed by atoms with Crippen molar-refractivity contribution in [3.8, 4) is 0 Å². The van der Waals surface area contributed by atoms with E-state index in [0.717, 1.165) is 36.8 Å². The van der Waals surface area contributed by atoms with Gasteiger partial charge < -0.3 is 10.6 Å². The summed E-state index contributed by atoms with van der Waals surface area (Å²) in [5.74, 6) is -0.152. The summed E-state index contributed by atoms with van der Waals surface area (Å²) in [4.78, 5) is 48.4. The molecule has 4 rings (SSSR count). The largest absolute Gasteiger partial charge is 0.326 e. The van der Waals surface area contributed by atoms with E-state index >= 15 is 0 Å². The fourth-order valence-electron chi connectivity index (χ4n) is 3.93. The minimum atomic E-state index is -0.236. The van der Waals surface area contributed by atoms with E-state index in [0.29, 0.717) is 35.6 Å². The molecule has 2 aliphatic rings. The monoisotopic (exact) mass is 544 g/mol. The van der Waals surface area contributed by atoms with Crippen molar-refractivity contribution in [1.29, 1.82) is 0 Å². The topological polar surface area (TPSA) is 141 Å². The van der Waals surface area contributed by atoms with Crippen molar-refractivity contribution in [3.63, 3.8) is 0 Å². The van der Waals surface area contributed by atoms with E-state index in [-0.39, 0.29) is 48.3 Å². The quantitative estimate of drug-likeness (QED) is 0.169. The zero-order valence-electron chi connectivity index (χ0n) is 23.0. The SMILES string of the molecule is CC(=NNC(=O)CCCCC(=O)NN=C(C)c1cccc(NC(=O)C2CC2)c1)c1cccc(NC(=O)C2CC2)c1. The van der Waals surface area contributed by atoms with Crippen LogP contribution in [-0.2, 0) is 19.2 Å². The van der Waals surface area contributed by atoms with E-state index in [2.05, 4.69) is 31.7 Å². The molecule has 0 bridgehead atoms. The molecule has 0 saturated heterocycles. The van der Waals surface area contributed by atoms with Crippen LogP contribution in [0.4, 0.5) is 11.4 Å². The molecular weight excluding hydrogens is 508 g/mol. The Hall–Kier alpha value is -4.34. The highest BCUT2D eigenvalue weighted by Gasteiger charge is 2.30. The van der Waals surface area contributed by atoms with Gasteiger partial charge in [0.25, 0.3) is 0 Å². The Bertz CT molecular complexity index is 1230. The van der Waals surface area contributed by atoms with Crippen molar-refractivity contribution in [2.24, 2.45) is 22.0 Å². The molecule has 0 spiro atoms. The molecule has 2 saturated carbocycles. The van der Waals surface area contributed by atoms with Gasteiger partial charge in [-0.1, -0.05) is 24.3 Å². The maximum absolute atomic E-state index is 12.2. The van der Waals surface area contributed by atoms with Crippen LogP contribution in [0.2, 0.25) is 0 Å². The highest BCUT2D eigenvalue weighted by Crippen LogP contribution is 2.31. The number of hydrogen-bond donors (Lipinski definition) is 4. The summed E-state index contributed by atoms with van der Waals surface area (Å²) >= 11 is 0. The number of benzene rings is 2. The van der Waals surface area contributed by atoms with E-state index in [1.807, 2.05) is 48.5 Å². The summed E-state index contributed by atoms with van der Waals surface area (Å²) in [6, 6.07) is 14.7. The Kier molecular flexibility index (Phi) is 9.77. The lowest BCUT2D eigenvalue weighted by atomic mass is 10.1. The number of amides is 4. The first kappa shape index (κ1) is 28.7. The van der Waals surface area contributed by atoms with Crippen molar-refractivity contribution < 1.29 is 19.2 Å².